The highest BCUT2D eigenvalue weighted by Crippen LogP contribution is 2.29. The Morgan fingerprint density at radius 2 is 2.10 bits per heavy atom. The molecule has 3 aromatic rings. The average Bonchev–Trinajstić information content (AvgIpc) is 3.02. The Hall–Kier alpha value is -2.14. The summed E-state index contributed by atoms with van der Waals surface area (Å²) in [5.74, 6) is 0.721. The van der Waals surface area contributed by atoms with E-state index in [2.05, 4.69) is 48.0 Å². The van der Waals surface area contributed by atoms with Gasteiger partial charge in [-0.05, 0) is 26.0 Å². The molecule has 102 valence electrons. The van der Waals surface area contributed by atoms with Crippen LogP contribution in [0, 0.1) is 6.92 Å². The first-order valence-electron chi connectivity index (χ1n) is 6.49. The summed E-state index contributed by atoms with van der Waals surface area (Å²) >= 11 is 1.53. The molecule has 0 unspecified atom stereocenters. The largest absolute Gasteiger partial charge is 0.325 e. The number of anilines is 2. The fraction of sp³-hybridized carbons (Fsp3) is 0.200. The average molecular weight is 285 g/mol. The Labute approximate surface area is 121 Å². The molecule has 4 nitrogen and oxygen atoms in total. The van der Waals surface area contributed by atoms with E-state index in [4.69, 9.17) is 0 Å². The Balaban J connectivity index is 2.13. The van der Waals surface area contributed by atoms with Crippen LogP contribution in [-0.4, -0.2) is 22.2 Å². The number of fused-ring (bicyclic) bond motifs is 1. The van der Waals surface area contributed by atoms with E-state index in [1.165, 1.54) is 16.9 Å². The fourth-order valence-electron chi connectivity index (χ4n) is 2.28. The second kappa shape index (κ2) is 5.09. The van der Waals surface area contributed by atoms with Crippen molar-refractivity contribution < 1.29 is 4.79 Å². The second-order valence-corrected chi connectivity index (χ2v) is 5.45. The van der Waals surface area contributed by atoms with Gasteiger partial charge in [-0.15, -0.1) is 11.3 Å². The molecule has 0 fully saturated rings. The van der Waals surface area contributed by atoms with Gasteiger partial charge < -0.3 is 4.90 Å². The van der Waals surface area contributed by atoms with Gasteiger partial charge in [-0.2, -0.15) is 0 Å². The zero-order valence-electron chi connectivity index (χ0n) is 11.4. The number of aromatic nitrogens is 2. The van der Waals surface area contributed by atoms with Gasteiger partial charge in [-0.25, -0.2) is 4.98 Å². The summed E-state index contributed by atoms with van der Waals surface area (Å²) in [7, 11) is 0. The summed E-state index contributed by atoms with van der Waals surface area (Å²) in [6, 6.07) is 8.25. The van der Waals surface area contributed by atoms with E-state index in [0.29, 0.717) is 5.69 Å². The Morgan fingerprint density at radius 3 is 2.75 bits per heavy atom. The number of nitrogens with zero attached hydrogens (tertiary/aromatic N) is 3. The van der Waals surface area contributed by atoms with Gasteiger partial charge in [0, 0.05) is 23.8 Å². The van der Waals surface area contributed by atoms with Gasteiger partial charge in [-0.3, -0.25) is 9.20 Å². The molecule has 3 rings (SSSR count). The van der Waals surface area contributed by atoms with Crippen molar-refractivity contribution in [3.63, 3.8) is 0 Å². The molecule has 0 spiro atoms. The Bertz CT molecular complexity index is 742. The molecule has 1 aromatic carbocycles. The molecular formula is C15H15N3OS. The topological polar surface area (TPSA) is 37.6 Å². The van der Waals surface area contributed by atoms with Crippen LogP contribution < -0.4 is 4.90 Å². The predicted octanol–water partition coefficient (Wildman–Crippen LogP) is 3.67. The minimum Gasteiger partial charge on any atom is -0.325 e. The number of imidazole rings is 1. The van der Waals surface area contributed by atoms with Gasteiger partial charge in [0.2, 0.25) is 0 Å². The maximum Gasteiger partial charge on any atom is 0.196 e. The van der Waals surface area contributed by atoms with E-state index in [9.17, 15) is 4.79 Å². The normalized spacial score (nSPS) is 10.9. The Kier molecular flexibility index (Phi) is 3.28. The molecule has 0 amide bonds. The molecule has 0 radical (unpaired) electrons. The van der Waals surface area contributed by atoms with Crippen molar-refractivity contribution in [3.05, 3.63) is 47.1 Å². The number of benzene rings is 1. The molecule has 2 heterocycles. The number of aryl methyl sites for hydroxylation is 1. The number of carbonyl (C=O) groups excluding carboxylic acids is 1. The van der Waals surface area contributed by atoms with Crippen LogP contribution >= 0.6 is 11.3 Å². The first-order valence-corrected chi connectivity index (χ1v) is 7.37. The molecule has 0 saturated heterocycles. The molecule has 0 aliphatic rings. The fourth-order valence-corrected chi connectivity index (χ4v) is 3.00. The van der Waals surface area contributed by atoms with Gasteiger partial charge in [0.05, 0.1) is 0 Å². The molecule has 0 aliphatic heterocycles. The van der Waals surface area contributed by atoms with Crippen LogP contribution in [0.3, 0.4) is 0 Å². The number of aldehydes is 1. The third-order valence-electron chi connectivity index (χ3n) is 3.31. The lowest BCUT2D eigenvalue weighted by Gasteiger charge is -2.21. The standard InChI is InChI=1S/C15H15N3OS/c1-3-17(12-6-4-11(2)5-7-12)14-13(10-19)18-8-9-20-15(18)16-14/h4-10H,3H2,1-2H3. The highest BCUT2D eigenvalue weighted by atomic mass is 32.1. The zero-order chi connectivity index (χ0) is 14.1. The first kappa shape index (κ1) is 12.9. The highest BCUT2D eigenvalue weighted by Gasteiger charge is 2.18. The molecule has 0 saturated carbocycles. The van der Waals surface area contributed by atoms with Gasteiger partial charge in [0.1, 0.15) is 5.69 Å². The van der Waals surface area contributed by atoms with E-state index >= 15 is 0 Å². The van der Waals surface area contributed by atoms with Gasteiger partial charge in [0.25, 0.3) is 0 Å². The molecular weight excluding hydrogens is 270 g/mol. The summed E-state index contributed by atoms with van der Waals surface area (Å²) in [5.41, 5.74) is 2.86. The van der Waals surface area contributed by atoms with Crippen molar-refractivity contribution in [2.24, 2.45) is 0 Å². The minimum absolute atomic E-state index is 0.601. The van der Waals surface area contributed by atoms with Crippen molar-refractivity contribution in [3.8, 4) is 0 Å². The quantitative estimate of drug-likeness (QED) is 0.686. The lowest BCUT2D eigenvalue weighted by atomic mass is 10.2. The summed E-state index contributed by atoms with van der Waals surface area (Å²) < 4.78 is 1.84. The molecule has 0 bridgehead atoms. The molecule has 0 atom stereocenters. The monoisotopic (exact) mass is 285 g/mol. The van der Waals surface area contributed by atoms with Gasteiger partial charge in [0.15, 0.2) is 17.1 Å². The summed E-state index contributed by atoms with van der Waals surface area (Å²) in [6.07, 6.45) is 2.75. The molecule has 2 aromatic heterocycles. The first-order chi connectivity index (χ1) is 9.74. The number of rotatable bonds is 4. The molecule has 0 aliphatic carbocycles. The van der Waals surface area contributed by atoms with E-state index in [0.717, 1.165) is 29.3 Å². The van der Waals surface area contributed by atoms with Crippen molar-refractivity contribution in [2.45, 2.75) is 13.8 Å². The van der Waals surface area contributed by atoms with Crippen LogP contribution in [-0.2, 0) is 0 Å². The van der Waals surface area contributed by atoms with Gasteiger partial charge >= 0.3 is 0 Å². The van der Waals surface area contributed by atoms with Crippen molar-refractivity contribution in [2.75, 3.05) is 11.4 Å². The Morgan fingerprint density at radius 1 is 1.35 bits per heavy atom. The number of hydrogen-bond acceptors (Lipinski definition) is 4. The minimum atomic E-state index is 0.601. The number of carbonyl (C=O) groups is 1. The maximum atomic E-state index is 11.4. The smallest absolute Gasteiger partial charge is 0.196 e. The van der Waals surface area contributed by atoms with Crippen LogP contribution in [0.25, 0.3) is 4.96 Å². The van der Waals surface area contributed by atoms with Crippen molar-refractivity contribution in [1.29, 1.82) is 0 Å². The predicted molar refractivity (Wildman–Crippen MR) is 82.3 cm³/mol. The van der Waals surface area contributed by atoms with Crippen LogP contribution in [0.5, 0.6) is 0 Å². The van der Waals surface area contributed by atoms with Crippen molar-refractivity contribution >= 4 is 34.1 Å². The van der Waals surface area contributed by atoms with Crippen LogP contribution in [0.2, 0.25) is 0 Å². The highest BCUT2D eigenvalue weighted by molar-refractivity contribution is 7.15. The maximum absolute atomic E-state index is 11.4. The lowest BCUT2D eigenvalue weighted by molar-refractivity contribution is 0.111. The zero-order valence-corrected chi connectivity index (χ0v) is 12.2. The van der Waals surface area contributed by atoms with Crippen molar-refractivity contribution in [1.82, 2.24) is 9.38 Å². The van der Waals surface area contributed by atoms with E-state index in [1.807, 2.05) is 16.0 Å². The van der Waals surface area contributed by atoms with Gasteiger partial charge in [-0.1, -0.05) is 17.7 Å². The summed E-state index contributed by atoms with van der Waals surface area (Å²) in [6.45, 7) is 4.88. The molecule has 20 heavy (non-hydrogen) atoms. The molecule has 0 N–H and O–H groups in total. The van der Waals surface area contributed by atoms with Crippen LogP contribution in [0.15, 0.2) is 35.8 Å². The second-order valence-electron chi connectivity index (χ2n) is 4.57. The number of hydrogen-bond donors (Lipinski definition) is 0. The SMILES string of the molecule is CCN(c1ccc(C)cc1)c1nc2sccn2c1C=O. The van der Waals surface area contributed by atoms with Crippen LogP contribution in [0.1, 0.15) is 23.0 Å². The lowest BCUT2D eigenvalue weighted by Crippen LogP contribution is -2.18. The summed E-state index contributed by atoms with van der Waals surface area (Å²) in [5, 5.41) is 1.93. The van der Waals surface area contributed by atoms with E-state index in [1.54, 1.807) is 0 Å². The molecule has 5 heteroatoms. The van der Waals surface area contributed by atoms with E-state index in [-0.39, 0.29) is 0 Å². The number of thiazole rings is 1. The van der Waals surface area contributed by atoms with Crippen LogP contribution in [0.4, 0.5) is 11.5 Å². The van der Waals surface area contributed by atoms with E-state index < -0.39 is 0 Å². The third kappa shape index (κ3) is 2.00. The summed E-state index contributed by atoms with van der Waals surface area (Å²) in [4.78, 5) is 18.9. The third-order valence-corrected chi connectivity index (χ3v) is 4.07.